The van der Waals surface area contributed by atoms with Gasteiger partial charge in [-0.3, -0.25) is 0 Å². The number of carbonyl (C=O) groups excluding carboxylic acids is 1. The first kappa shape index (κ1) is 16.5. The molecule has 0 radical (unpaired) electrons. The maximum Gasteiger partial charge on any atom is 0.336 e. The normalized spacial score (nSPS) is 10.5. The molecule has 2 heterocycles. The molecule has 2 amide bonds. The van der Waals surface area contributed by atoms with Gasteiger partial charge in [-0.05, 0) is 30.3 Å². The van der Waals surface area contributed by atoms with E-state index in [2.05, 4.69) is 15.6 Å². The Labute approximate surface area is 144 Å². The van der Waals surface area contributed by atoms with Crippen LogP contribution in [0.15, 0.2) is 57.9 Å². The summed E-state index contributed by atoms with van der Waals surface area (Å²) in [7, 11) is 3.80. The van der Waals surface area contributed by atoms with E-state index in [1.807, 2.05) is 31.1 Å². The van der Waals surface area contributed by atoms with Gasteiger partial charge in [0, 0.05) is 49.5 Å². The van der Waals surface area contributed by atoms with Gasteiger partial charge >= 0.3 is 11.7 Å². The minimum Gasteiger partial charge on any atom is -0.423 e. The van der Waals surface area contributed by atoms with Crippen molar-refractivity contribution in [1.82, 2.24) is 10.3 Å². The number of nitrogens with zero attached hydrogens (tertiary/aromatic N) is 2. The highest BCUT2D eigenvalue weighted by Gasteiger charge is 2.08. The Kier molecular flexibility index (Phi) is 4.65. The highest BCUT2D eigenvalue weighted by atomic mass is 16.4. The van der Waals surface area contributed by atoms with Gasteiger partial charge in [0.2, 0.25) is 0 Å². The molecule has 7 heteroatoms. The fourth-order valence-electron chi connectivity index (χ4n) is 2.47. The fourth-order valence-corrected chi connectivity index (χ4v) is 2.47. The van der Waals surface area contributed by atoms with Crippen molar-refractivity contribution in [1.29, 1.82) is 0 Å². The molecule has 0 saturated heterocycles. The highest BCUT2D eigenvalue weighted by Crippen LogP contribution is 2.18. The van der Waals surface area contributed by atoms with Crippen molar-refractivity contribution in [3.63, 3.8) is 0 Å². The number of pyridine rings is 1. The molecule has 0 aliphatic rings. The van der Waals surface area contributed by atoms with Crippen LogP contribution in [-0.2, 0) is 6.54 Å². The largest absolute Gasteiger partial charge is 0.423 e. The molecule has 128 valence electrons. The predicted octanol–water partition coefficient (Wildman–Crippen LogP) is 2.58. The van der Waals surface area contributed by atoms with E-state index in [1.165, 1.54) is 6.07 Å². The number of nitrogens with one attached hydrogen (secondary N) is 2. The molecule has 25 heavy (non-hydrogen) atoms. The van der Waals surface area contributed by atoms with E-state index in [0.717, 1.165) is 16.8 Å². The number of anilines is 2. The van der Waals surface area contributed by atoms with Crippen molar-refractivity contribution in [2.75, 3.05) is 24.3 Å². The van der Waals surface area contributed by atoms with Crippen molar-refractivity contribution in [3.05, 3.63) is 64.6 Å². The van der Waals surface area contributed by atoms with E-state index in [0.29, 0.717) is 17.8 Å². The minimum absolute atomic E-state index is 0.328. The summed E-state index contributed by atoms with van der Waals surface area (Å²) in [5.41, 5.74) is 1.60. The molecule has 0 saturated carbocycles. The van der Waals surface area contributed by atoms with Crippen LogP contribution in [0.5, 0.6) is 0 Å². The third-order valence-electron chi connectivity index (χ3n) is 3.61. The molecule has 0 spiro atoms. The van der Waals surface area contributed by atoms with Gasteiger partial charge in [-0.2, -0.15) is 0 Å². The first-order valence-corrected chi connectivity index (χ1v) is 7.73. The van der Waals surface area contributed by atoms with Crippen molar-refractivity contribution in [2.24, 2.45) is 0 Å². The number of hydrogen-bond donors (Lipinski definition) is 2. The van der Waals surface area contributed by atoms with Gasteiger partial charge in [-0.25, -0.2) is 14.6 Å². The van der Waals surface area contributed by atoms with Crippen molar-refractivity contribution < 1.29 is 9.21 Å². The Balaban J connectivity index is 1.67. The summed E-state index contributed by atoms with van der Waals surface area (Å²) in [6, 6.07) is 11.5. The summed E-state index contributed by atoms with van der Waals surface area (Å²) >= 11 is 0. The number of amides is 2. The summed E-state index contributed by atoms with van der Waals surface area (Å²) in [5.74, 6) is 0.809. The number of aromatic nitrogens is 1. The standard InChI is InChI=1S/C18H18N4O3/c1-22(2)17-13(4-3-9-19-17)11-20-18(24)21-14-6-7-15-12(10-14)5-8-16(23)25-15/h3-10H,11H2,1-2H3,(H2,20,21,24). The Bertz CT molecular complexity index is 966. The van der Waals surface area contributed by atoms with Crippen LogP contribution in [0.3, 0.4) is 0 Å². The summed E-state index contributed by atoms with van der Waals surface area (Å²) in [6.45, 7) is 0.357. The lowest BCUT2D eigenvalue weighted by molar-refractivity contribution is 0.251. The zero-order valence-corrected chi connectivity index (χ0v) is 13.9. The lowest BCUT2D eigenvalue weighted by atomic mass is 10.2. The Morgan fingerprint density at radius 3 is 2.84 bits per heavy atom. The topological polar surface area (TPSA) is 87.5 Å². The summed E-state index contributed by atoms with van der Waals surface area (Å²) in [4.78, 5) is 29.5. The molecule has 0 atom stereocenters. The minimum atomic E-state index is -0.404. The van der Waals surface area contributed by atoms with E-state index in [9.17, 15) is 9.59 Å². The van der Waals surface area contributed by atoms with Crippen LogP contribution in [0.4, 0.5) is 16.3 Å². The third-order valence-corrected chi connectivity index (χ3v) is 3.61. The van der Waals surface area contributed by atoms with Gasteiger partial charge in [-0.1, -0.05) is 6.07 Å². The molecule has 0 unspecified atom stereocenters. The molecular weight excluding hydrogens is 320 g/mol. The van der Waals surface area contributed by atoms with Crippen LogP contribution >= 0.6 is 0 Å². The second kappa shape index (κ2) is 7.04. The Morgan fingerprint density at radius 1 is 1.20 bits per heavy atom. The Hall–Kier alpha value is -3.35. The number of carbonyl (C=O) groups is 1. The maximum atomic E-state index is 12.1. The van der Waals surface area contributed by atoms with Crippen LogP contribution in [0.25, 0.3) is 11.0 Å². The maximum absolute atomic E-state index is 12.1. The van der Waals surface area contributed by atoms with Gasteiger partial charge in [0.15, 0.2) is 0 Å². The SMILES string of the molecule is CN(C)c1ncccc1CNC(=O)Nc1ccc2oc(=O)ccc2c1. The number of urea groups is 1. The lowest BCUT2D eigenvalue weighted by Crippen LogP contribution is -2.29. The number of rotatable bonds is 4. The molecule has 0 aliphatic heterocycles. The van der Waals surface area contributed by atoms with Gasteiger partial charge < -0.3 is 20.0 Å². The lowest BCUT2D eigenvalue weighted by Gasteiger charge is -2.16. The van der Waals surface area contributed by atoms with Crippen LogP contribution in [0, 0.1) is 0 Å². The van der Waals surface area contributed by atoms with Crippen molar-refractivity contribution in [3.8, 4) is 0 Å². The van der Waals surface area contributed by atoms with Crippen LogP contribution < -0.4 is 21.2 Å². The average molecular weight is 338 g/mol. The van der Waals surface area contributed by atoms with E-state index in [1.54, 1.807) is 30.5 Å². The van der Waals surface area contributed by atoms with Crippen LogP contribution in [-0.4, -0.2) is 25.1 Å². The second-order valence-corrected chi connectivity index (χ2v) is 5.70. The zero-order valence-electron chi connectivity index (χ0n) is 13.9. The molecule has 1 aromatic carbocycles. The highest BCUT2D eigenvalue weighted by molar-refractivity contribution is 5.92. The molecule has 0 aliphatic carbocycles. The number of hydrogen-bond acceptors (Lipinski definition) is 5. The molecule has 3 aromatic rings. The number of fused-ring (bicyclic) bond motifs is 1. The second-order valence-electron chi connectivity index (χ2n) is 5.70. The van der Waals surface area contributed by atoms with E-state index in [-0.39, 0.29) is 6.03 Å². The monoisotopic (exact) mass is 338 g/mol. The molecular formula is C18H18N4O3. The molecule has 2 N–H and O–H groups in total. The van der Waals surface area contributed by atoms with Gasteiger partial charge in [0.25, 0.3) is 0 Å². The summed E-state index contributed by atoms with van der Waals surface area (Å²) in [6.07, 6.45) is 1.71. The average Bonchev–Trinajstić information content (AvgIpc) is 2.60. The predicted molar refractivity (Wildman–Crippen MR) is 96.9 cm³/mol. The van der Waals surface area contributed by atoms with Crippen molar-refractivity contribution >= 4 is 28.5 Å². The van der Waals surface area contributed by atoms with Crippen molar-refractivity contribution in [2.45, 2.75) is 6.54 Å². The van der Waals surface area contributed by atoms with E-state index >= 15 is 0 Å². The molecule has 0 fully saturated rings. The van der Waals surface area contributed by atoms with Gasteiger partial charge in [-0.15, -0.1) is 0 Å². The molecule has 2 aromatic heterocycles. The van der Waals surface area contributed by atoms with E-state index in [4.69, 9.17) is 4.42 Å². The first-order chi connectivity index (χ1) is 12.0. The van der Waals surface area contributed by atoms with Crippen LogP contribution in [0.1, 0.15) is 5.56 Å². The fraction of sp³-hybridized carbons (Fsp3) is 0.167. The molecule has 0 bridgehead atoms. The summed E-state index contributed by atoms with van der Waals surface area (Å²) < 4.78 is 5.07. The number of benzene rings is 1. The summed E-state index contributed by atoms with van der Waals surface area (Å²) in [5, 5.41) is 6.31. The van der Waals surface area contributed by atoms with Gasteiger partial charge in [0.05, 0.1) is 0 Å². The van der Waals surface area contributed by atoms with E-state index < -0.39 is 5.63 Å². The third kappa shape index (κ3) is 3.95. The quantitative estimate of drug-likeness (QED) is 0.714. The van der Waals surface area contributed by atoms with Crippen LogP contribution in [0.2, 0.25) is 0 Å². The molecule has 7 nitrogen and oxygen atoms in total. The Morgan fingerprint density at radius 2 is 2.04 bits per heavy atom. The smallest absolute Gasteiger partial charge is 0.336 e. The zero-order chi connectivity index (χ0) is 17.8. The molecule has 3 rings (SSSR count). The van der Waals surface area contributed by atoms with Gasteiger partial charge in [0.1, 0.15) is 11.4 Å². The first-order valence-electron chi connectivity index (χ1n) is 7.73.